The van der Waals surface area contributed by atoms with Crippen LogP contribution in [0, 0.1) is 23.2 Å². The molecule has 1 aromatic carbocycles. The quantitative estimate of drug-likeness (QED) is 0.438. The van der Waals surface area contributed by atoms with Gasteiger partial charge < -0.3 is 10.2 Å². The van der Waals surface area contributed by atoms with Crippen LogP contribution in [0.4, 0.5) is 0 Å². The van der Waals surface area contributed by atoms with Gasteiger partial charge in [0.05, 0.1) is 0 Å². The lowest BCUT2D eigenvalue weighted by atomic mass is 10.2. The number of phenolic OH excluding ortho intramolecular Hbond substituents is 2. The first kappa shape index (κ1) is 7.97. The summed E-state index contributed by atoms with van der Waals surface area (Å²) in [5.74, 6) is 4.22. The molecular weight excluding hydrogens is 154 g/mol. The molecule has 0 aliphatic rings. The molecule has 0 radical (unpaired) electrons. The van der Waals surface area contributed by atoms with Gasteiger partial charge in [-0.3, -0.25) is 0 Å². The van der Waals surface area contributed by atoms with Crippen molar-refractivity contribution in [3.63, 3.8) is 0 Å². The molecule has 0 aliphatic heterocycles. The highest BCUT2D eigenvalue weighted by Gasteiger charge is 1.97. The molecule has 0 atom stereocenters. The Labute approximate surface area is 69.5 Å². The van der Waals surface area contributed by atoms with Crippen molar-refractivity contribution in [2.75, 3.05) is 0 Å². The predicted octanol–water partition coefficient (Wildman–Crippen LogP) is 0.973. The number of benzene rings is 1. The number of nitriles is 1. The zero-order valence-electron chi connectivity index (χ0n) is 6.07. The molecule has 0 unspecified atom stereocenters. The number of phenols is 2. The number of rotatable bonds is 0. The first-order valence-electron chi connectivity index (χ1n) is 3.16. The minimum Gasteiger partial charge on any atom is -0.504 e. The van der Waals surface area contributed by atoms with E-state index in [2.05, 4.69) is 11.8 Å². The first-order valence-corrected chi connectivity index (χ1v) is 3.16. The second-order valence-corrected chi connectivity index (χ2v) is 2.07. The van der Waals surface area contributed by atoms with Crippen molar-refractivity contribution in [1.82, 2.24) is 0 Å². The van der Waals surface area contributed by atoms with E-state index in [4.69, 9.17) is 15.5 Å². The molecule has 0 heterocycles. The number of nitrogens with zero attached hydrogens (tertiary/aromatic N) is 1. The Kier molecular flexibility index (Phi) is 2.20. The molecule has 0 saturated carbocycles. The highest BCUT2D eigenvalue weighted by atomic mass is 16.3. The van der Waals surface area contributed by atoms with Crippen molar-refractivity contribution in [2.24, 2.45) is 0 Å². The Morgan fingerprint density at radius 1 is 1.17 bits per heavy atom. The normalized spacial score (nSPS) is 7.92. The molecule has 0 bridgehead atoms. The summed E-state index contributed by atoms with van der Waals surface area (Å²) in [4.78, 5) is 0. The average Bonchev–Trinajstić information content (AvgIpc) is 2.07. The SMILES string of the molecule is N#CC#Cc1ccc(O)c(O)c1. The Bertz CT molecular complexity index is 393. The predicted molar refractivity (Wildman–Crippen MR) is 42.3 cm³/mol. The lowest BCUT2D eigenvalue weighted by Crippen LogP contribution is -1.73. The van der Waals surface area contributed by atoms with Crippen LogP contribution in [0.3, 0.4) is 0 Å². The van der Waals surface area contributed by atoms with E-state index in [0.29, 0.717) is 5.56 Å². The van der Waals surface area contributed by atoms with Gasteiger partial charge in [-0.05, 0) is 18.2 Å². The molecule has 2 N–H and O–H groups in total. The minimum absolute atomic E-state index is 0.197. The summed E-state index contributed by atoms with van der Waals surface area (Å²) in [6.07, 6.45) is 0. The highest BCUT2D eigenvalue weighted by molar-refractivity contribution is 5.47. The maximum Gasteiger partial charge on any atom is 0.158 e. The van der Waals surface area contributed by atoms with E-state index in [0.717, 1.165) is 0 Å². The topological polar surface area (TPSA) is 64.2 Å². The fraction of sp³-hybridized carbons (Fsp3) is 0. The van der Waals surface area contributed by atoms with Crippen LogP contribution in [-0.2, 0) is 0 Å². The van der Waals surface area contributed by atoms with E-state index in [-0.39, 0.29) is 11.5 Å². The minimum atomic E-state index is -0.236. The van der Waals surface area contributed by atoms with Gasteiger partial charge in [0.15, 0.2) is 17.6 Å². The summed E-state index contributed by atoms with van der Waals surface area (Å²) in [7, 11) is 0. The summed E-state index contributed by atoms with van der Waals surface area (Å²) < 4.78 is 0. The molecule has 58 valence electrons. The third-order valence-electron chi connectivity index (χ3n) is 1.24. The van der Waals surface area contributed by atoms with Gasteiger partial charge in [0, 0.05) is 11.5 Å². The second kappa shape index (κ2) is 3.32. The van der Waals surface area contributed by atoms with Crippen LogP contribution in [0.15, 0.2) is 18.2 Å². The molecule has 1 aromatic rings. The maximum atomic E-state index is 9.00. The zero-order chi connectivity index (χ0) is 8.97. The van der Waals surface area contributed by atoms with Crippen LogP contribution < -0.4 is 0 Å². The van der Waals surface area contributed by atoms with Crippen molar-refractivity contribution in [3.05, 3.63) is 23.8 Å². The molecular formula is C9H5NO2. The van der Waals surface area contributed by atoms with E-state index >= 15 is 0 Å². The van der Waals surface area contributed by atoms with Crippen molar-refractivity contribution >= 4 is 0 Å². The largest absolute Gasteiger partial charge is 0.504 e. The van der Waals surface area contributed by atoms with Crippen molar-refractivity contribution in [3.8, 4) is 29.4 Å². The molecule has 1 rings (SSSR count). The van der Waals surface area contributed by atoms with Gasteiger partial charge in [-0.25, -0.2) is 0 Å². The number of aromatic hydroxyl groups is 2. The average molecular weight is 159 g/mol. The lowest BCUT2D eigenvalue weighted by Gasteiger charge is -1.95. The first-order chi connectivity index (χ1) is 5.74. The van der Waals surface area contributed by atoms with Crippen LogP contribution in [0.2, 0.25) is 0 Å². The smallest absolute Gasteiger partial charge is 0.158 e. The molecule has 0 saturated heterocycles. The van der Waals surface area contributed by atoms with Crippen molar-refractivity contribution in [2.45, 2.75) is 0 Å². The van der Waals surface area contributed by atoms with Gasteiger partial charge in [-0.15, -0.1) is 0 Å². The molecule has 0 aromatic heterocycles. The van der Waals surface area contributed by atoms with Crippen LogP contribution in [-0.4, -0.2) is 10.2 Å². The fourth-order valence-corrected chi connectivity index (χ4v) is 0.701. The van der Waals surface area contributed by atoms with Gasteiger partial charge in [0.1, 0.15) is 0 Å². The van der Waals surface area contributed by atoms with Gasteiger partial charge >= 0.3 is 0 Å². The molecule has 12 heavy (non-hydrogen) atoms. The summed E-state index contributed by atoms with van der Waals surface area (Å²) in [6, 6.07) is 5.77. The molecule has 0 fully saturated rings. The third kappa shape index (κ3) is 1.68. The van der Waals surface area contributed by atoms with Crippen LogP contribution in [0.1, 0.15) is 5.56 Å². The second-order valence-electron chi connectivity index (χ2n) is 2.07. The summed E-state index contributed by atoms with van der Waals surface area (Å²) >= 11 is 0. The van der Waals surface area contributed by atoms with E-state index < -0.39 is 0 Å². The van der Waals surface area contributed by atoms with Crippen molar-refractivity contribution < 1.29 is 10.2 Å². The molecule has 3 nitrogen and oxygen atoms in total. The lowest BCUT2D eigenvalue weighted by molar-refractivity contribution is 0.403. The maximum absolute atomic E-state index is 9.00. The van der Waals surface area contributed by atoms with Crippen LogP contribution in [0.25, 0.3) is 0 Å². The van der Waals surface area contributed by atoms with Gasteiger partial charge in [0.25, 0.3) is 0 Å². The van der Waals surface area contributed by atoms with E-state index in [1.807, 2.05) is 0 Å². The van der Waals surface area contributed by atoms with Gasteiger partial charge in [-0.2, -0.15) is 5.26 Å². The molecule has 0 amide bonds. The Morgan fingerprint density at radius 3 is 2.50 bits per heavy atom. The number of hydrogen-bond acceptors (Lipinski definition) is 3. The number of hydrogen-bond donors (Lipinski definition) is 2. The zero-order valence-corrected chi connectivity index (χ0v) is 6.07. The molecule has 0 spiro atoms. The van der Waals surface area contributed by atoms with E-state index in [1.165, 1.54) is 18.2 Å². The van der Waals surface area contributed by atoms with Crippen LogP contribution in [0.5, 0.6) is 11.5 Å². The molecule has 0 aliphatic carbocycles. The Morgan fingerprint density at radius 2 is 1.92 bits per heavy atom. The third-order valence-corrected chi connectivity index (χ3v) is 1.24. The van der Waals surface area contributed by atoms with Gasteiger partial charge in [0.2, 0.25) is 0 Å². The summed E-state index contributed by atoms with van der Waals surface area (Å²) in [6.45, 7) is 0. The standard InChI is InChI=1S/C9H5NO2/c10-5-1-2-7-3-4-8(11)9(12)6-7/h3-4,6,11-12H. The van der Waals surface area contributed by atoms with Gasteiger partial charge in [-0.1, -0.05) is 5.92 Å². The highest BCUT2D eigenvalue weighted by Crippen LogP contribution is 2.24. The van der Waals surface area contributed by atoms with Crippen molar-refractivity contribution in [1.29, 1.82) is 5.26 Å². The monoisotopic (exact) mass is 159 g/mol. The molecule has 3 heteroatoms. The summed E-state index contributed by atoms with van der Waals surface area (Å²) in [5.41, 5.74) is 0.492. The summed E-state index contributed by atoms with van der Waals surface area (Å²) in [5, 5.41) is 26.0. The Hall–Kier alpha value is -2.13. The fourth-order valence-electron chi connectivity index (χ4n) is 0.701. The van der Waals surface area contributed by atoms with E-state index in [1.54, 1.807) is 6.07 Å². The van der Waals surface area contributed by atoms with E-state index in [9.17, 15) is 0 Å². The Balaban J connectivity index is 3.07. The van der Waals surface area contributed by atoms with Crippen LogP contribution >= 0.6 is 0 Å².